The van der Waals surface area contributed by atoms with Gasteiger partial charge in [0.2, 0.25) is 0 Å². The van der Waals surface area contributed by atoms with Crippen LogP contribution < -0.4 is 0 Å². The Morgan fingerprint density at radius 2 is 2.18 bits per heavy atom. The van der Waals surface area contributed by atoms with Gasteiger partial charge in [0.25, 0.3) is 0 Å². The number of aryl methyl sites for hydroxylation is 1. The summed E-state index contributed by atoms with van der Waals surface area (Å²) >= 11 is 0. The molecule has 1 atom stereocenters. The minimum atomic E-state index is -0.999. The summed E-state index contributed by atoms with van der Waals surface area (Å²) in [6.07, 6.45) is -0.00349. The van der Waals surface area contributed by atoms with Crippen molar-refractivity contribution in [2.24, 2.45) is 0 Å². The van der Waals surface area contributed by atoms with Crippen molar-refractivity contribution in [1.82, 2.24) is 10.1 Å². The van der Waals surface area contributed by atoms with Crippen molar-refractivity contribution >= 4 is 5.97 Å². The van der Waals surface area contributed by atoms with Gasteiger partial charge in [-0.2, -0.15) is 0 Å². The molecule has 6 nitrogen and oxygen atoms in total. The van der Waals surface area contributed by atoms with E-state index in [2.05, 4.69) is 10.1 Å². The summed E-state index contributed by atoms with van der Waals surface area (Å²) < 4.78 is 10.8. The lowest BCUT2D eigenvalue weighted by molar-refractivity contribution is -0.0335. The Morgan fingerprint density at radius 1 is 1.41 bits per heavy atom. The average Bonchev–Trinajstić information content (AvgIpc) is 2.89. The zero-order valence-corrected chi connectivity index (χ0v) is 12.4. The van der Waals surface area contributed by atoms with E-state index in [1.807, 2.05) is 30.3 Å². The molecule has 0 amide bonds. The molecule has 1 aliphatic rings. The van der Waals surface area contributed by atoms with Gasteiger partial charge in [0.1, 0.15) is 17.0 Å². The molecule has 2 aromatic rings. The number of benzene rings is 1. The molecule has 22 heavy (non-hydrogen) atoms. The Hall–Kier alpha value is -2.18. The topological polar surface area (TPSA) is 75.8 Å². The van der Waals surface area contributed by atoms with Crippen LogP contribution in [0.2, 0.25) is 0 Å². The Morgan fingerprint density at radius 3 is 2.91 bits per heavy atom. The van der Waals surface area contributed by atoms with Crippen LogP contribution in [0.5, 0.6) is 0 Å². The summed E-state index contributed by atoms with van der Waals surface area (Å²) in [6, 6.07) is 10.0. The second-order valence-electron chi connectivity index (χ2n) is 5.37. The summed E-state index contributed by atoms with van der Waals surface area (Å²) in [4.78, 5) is 13.4. The van der Waals surface area contributed by atoms with Crippen LogP contribution in [0.3, 0.4) is 0 Å². The SMILES string of the molecule is Cc1onc(CN2CCOC(c3ccccc3)C2)c1C(=O)O. The number of aromatic nitrogens is 1. The number of carbonyl (C=O) groups is 1. The van der Waals surface area contributed by atoms with Crippen LogP contribution >= 0.6 is 0 Å². The molecule has 0 radical (unpaired) electrons. The second kappa shape index (κ2) is 6.29. The lowest BCUT2D eigenvalue weighted by atomic mass is 10.1. The Kier molecular flexibility index (Phi) is 4.22. The van der Waals surface area contributed by atoms with Crippen LogP contribution in [0.4, 0.5) is 0 Å². The molecule has 2 heterocycles. The molecule has 1 fully saturated rings. The van der Waals surface area contributed by atoms with E-state index in [0.29, 0.717) is 31.2 Å². The molecule has 1 saturated heterocycles. The van der Waals surface area contributed by atoms with E-state index in [9.17, 15) is 9.90 Å². The predicted octanol–water partition coefficient (Wildman–Crippen LogP) is 2.25. The molecule has 6 heteroatoms. The van der Waals surface area contributed by atoms with Gasteiger partial charge in [-0.25, -0.2) is 4.79 Å². The van der Waals surface area contributed by atoms with Gasteiger partial charge in [0.15, 0.2) is 0 Å². The van der Waals surface area contributed by atoms with Gasteiger partial charge >= 0.3 is 5.97 Å². The van der Waals surface area contributed by atoms with E-state index >= 15 is 0 Å². The maximum absolute atomic E-state index is 11.3. The third-order valence-corrected chi connectivity index (χ3v) is 3.84. The van der Waals surface area contributed by atoms with Crippen LogP contribution in [-0.2, 0) is 11.3 Å². The van der Waals surface area contributed by atoms with Gasteiger partial charge in [-0.15, -0.1) is 0 Å². The number of rotatable bonds is 4. The molecule has 0 bridgehead atoms. The Bertz CT molecular complexity index is 653. The highest BCUT2D eigenvalue weighted by Gasteiger charge is 2.26. The van der Waals surface area contributed by atoms with Crippen molar-refractivity contribution in [1.29, 1.82) is 0 Å². The quantitative estimate of drug-likeness (QED) is 0.933. The van der Waals surface area contributed by atoms with Gasteiger partial charge in [-0.1, -0.05) is 35.5 Å². The summed E-state index contributed by atoms with van der Waals surface area (Å²) in [5.74, 6) is -0.656. The van der Waals surface area contributed by atoms with Gasteiger partial charge in [-0.05, 0) is 12.5 Å². The number of carboxylic acid groups (broad SMARTS) is 1. The summed E-state index contributed by atoms with van der Waals surface area (Å²) in [6.45, 7) is 4.12. The van der Waals surface area contributed by atoms with Crippen molar-refractivity contribution in [3.63, 3.8) is 0 Å². The fourth-order valence-electron chi connectivity index (χ4n) is 2.73. The monoisotopic (exact) mass is 302 g/mol. The first-order valence-corrected chi connectivity index (χ1v) is 7.22. The first-order valence-electron chi connectivity index (χ1n) is 7.22. The summed E-state index contributed by atoms with van der Waals surface area (Å²) in [5.41, 5.74) is 1.77. The third kappa shape index (κ3) is 3.03. The number of morpholine rings is 1. The molecule has 1 aliphatic heterocycles. The highest BCUT2D eigenvalue weighted by atomic mass is 16.5. The van der Waals surface area contributed by atoms with Crippen LogP contribution in [0.1, 0.15) is 33.5 Å². The van der Waals surface area contributed by atoms with E-state index in [-0.39, 0.29) is 11.7 Å². The highest BCUT2D eigenvalue weighted by molar-refractivity contribution is 5.89. The number of carboxylic acids is 1. The van der Waals surface area contributed by atoms with E-state index in [1.54, 1.807) is 6.92 Å². The number of hydrogen-bond acceptors (Lipinski definition) is 5. The molecular formula is C16H18N2O4. The number of nitrogens with zero attached hydrogens (tertiary/aromatic N) is 2. The highest BCUT2D eigenvalue weighted by Crippen LogP contribution is 2.24. The van der Waals surface area contributed by atoms with Crippen LogP contribution in [0.25, 0.3) is 0 Å². The molecule has 0 aliphatic carbocycles. The van der Waals surface area contributed by atoms with E-state index in [0.717, 1.165) is 12.1 Å². The molecule has 1 aromatic carbocycles. The largest absolute Gasteiger partial charge is 0.477 e. The molecule has 1 aromatic heterocycles. The second-order valence-corrected chi connectivity index (χ2v) is 5.37. The van der Waals surface area contributed by atoms with Gasteiger partial charge < -0.3 is 14.4 Å². The maximum atomic E-state index is 11.3. The van der Waals surface area contributed by atoms with E-state index in [1.165, 1.54) is 0 Å². The fourth-order valence-corrected chi connectivity index (χ4v) is 2.73. The zero-order valence-electron chi connectivity index (χ0n) is 12.4. The number of ether oxygens (including phenoxy) is 1. The summed E-state index contributed by atoms with van der Waals surface area (Å²) in [7, 11) is 0. The van der Waals surface area contributed by atoms with Crippen molar-refractivity contribution in [2.75, 3.05) is 19.7 Å². The normalized spacial score (nSPS) is 19.2. The average molecular weight is 302 g/mol. The fraction of sp³-hybridized carbons (Fsp3) is 0.375. The number of hydrogen-bond donors (Lipinski definition) is 1. The van der Waals surface area contributed by atoms with Crippen molar-refractivity contribution in [2.45, 2.75) is 19.6 Å². The van der Waals surface area contributed by atoms with Crippen LogP contribution in [0.15, 0.2) is 34.9 Å². The van der Waals surface area contributed by atoms with Crippen molar-refractivity contribution in [3.8, 4) is 0 Å². The molecule has 0 saturated carbocycles. The standard InChI is InChI=1S/C16H18N2O4/c1-11-15(16(19)20)13(17-22-11)9-18-7-8-21-14(10-18)12-5-3-2-4-6-12/h2-6,14H,7-10H2,1H3,(H,19,20). The Labute approximate surface area is 128 Å². The lowest BCUT2D eigenvalue weighted by Gasteiger charge is -2.32. The summed E-state index contributed by atoms with van der Waals surface area (Å²) in [5, 5.41) is 13.1. The molecule has 3 rings (SSSR count). The van der Waals surface area contributed by atoms with Gasteiger partial charge in [0, 0.05) is 19.6 Å². The zero-order chi connectivity index (χ0) is 15.5. The Balaban J connectivity index is 1.72. The number of aromatic carboxylic acids is 1. The van der Waals surface area contributed by atoms with Crippen molar-refractivity contribution < 1.29 is 19.2 Å². The minimum absolute atomic E-state index is 0.00349. The minimum Gasteiger partial charge on any atom is -0.477 e. The maximum Gasteiger partial charge on any atom is 0.341 e. The van der Waals surface area contributed by atoms with Gasteiger partial charge in [-0.3, -0.25) is 4.90 Å². The molecule has 116 valence electrons. The molecule has 1 N–H and O–H groups in total. The molecular weight excluding hydrogens is 284 g/mol. The predicted molar refractivity (Wildman–Crippen MR) is 78.6 cm³/mol. The third-order valence-electron chi connectivity index (χ3n) is 3.84. The van der Waals surface area contributed by atoms with Crippen LogP contribution in [0, 0.1) is 6.92 Å². The first-order chi connectivity index (χ1) is 10.6. The molecule has 0 spiro atoms. The van der Waals surface area contributed by atoms with E-state index in [4.69, 9.17) is 9.26 Å². The van der Waals surface area contributed by atoms with Crippen molar-refractivity contribution in [3.05, 3.63) is 52.9 Å². The van der Waals surface area contributed by atoms with Crippen LogP contribution in [-0.4, -0.2) is 40.8 Å². The lowest BCUT2D eigenvalue weighted by Crippen LogP contribution is -2.38. The van der Waals surface area contributed by atoms with Gasteiger partial charge in [0.05, 0.1) is 12.7 Å². The van der Waals surface area contributed by atoms with E-state index < -0.39 is 5.97 Å². The smallest absolute Gasteiger partial charge is 0.341 e. The first kappa shape index (κ1) is 14.7. The molecule has 1 unspecified atom stereocenters.